The largest absolute Gasteiger partial charge is 0.389 e. The molecular weight excluding hydrogens is 430 g/mol. The van der Waals surface area contributed by atoms with Gasteiger partial charge in [0.15, 0.2) is 0 Å². The molecule has 4 heterocycles. The van der Waals surface area contributed by atoms with E-state index in [0.717, 1.165) is 47.3 Å². The topological polar surface area (TPSA) is 92.5 Å². The zero-order valence-electron chi connectivity index (χ0n) is 17.9. The van der Waals surface area contributed by atoms with Crippen LogP contribution in [0.25, 0.3) is 10.8 Å². The van der Waals surface area contributed by atoms with E-state index in [1.54, 1.807) is 24.1 Å². The maximum absolute atomic E-state index is 12.4. The lowest BCUT2D eigenvalue weighted by atomic mass is 9.87. The molecule has 0 spiro atoms. The minimum Gasteiger partial charge on any atom is -0.389 e. The first-order chi connectivity index (χ1) is 15.5. The van der Waals surface area contributed by atoms with Crippen molar-refractivity contribution in [2.75, 3.05) is 31.6 Å². The minimum absolute atomic E-state index is 0.0973. The number of aryl methyl sites for hydroxylation is 1. The third-order valence-corrected chi connectivity index (χ3v) is 6.83. The number of nitrogens with one attached hydrogen (secondary N) is 1. The van der Waals surface area contributed by atoms with E-state index < -0.39 is 6.10 Å². The van der Waals surface area contributed by atoms with Crippen LogP contribution in [0.4, 0.5) is 5.82 Å². The van der Waals surface area contributed by atoms with Crippen LogP contribution in [-0.4, -0.2) is 69.1 Å². The number of rotatable bonds is 4. The molecule has 5 rings (SSSR count). The van der Waals surface area contributed by atoms with E-state index in [9.17, 15) is 9.90 Å². The van der Waals surface area contributed by atoms with Gasteiger partial charge < -0.3 is 15.2 Å². The van der Waals surface area contributed by atoms with Gasteiger partial charge in [-0.25, -0.2) is 4.98 Å². The predicted molar refractivity (Wildman–Crippen MR) is 122 cm³/mol. The Morgan fingerprint density at radius 2 is 2.00 bits per heavy atom. The Hall–Kier alpha value is -2.52. The smallest absolute Gasteiger partial charge is 0.260 e. The van der Waals surface area contributed by atoms with Crippen LogP contribution < -0.4 is 5.32 Å². The molecule has 0 radical (unpaired) electrons. The predicted octanol–water partition coefficient (Wildman–Crippen LogP) is 2.81. The van der Waals surface area contributed by atoms with Crippen molar-refractivity contribution in [1.82, 2.24) is 19.7 Å². The van der Waals surface area contributed by atoms with Crippen LogP contribution in [-0.2, 0) is 11.8 Å². The molecule has 0 aliphatic carbocycles. The summed E-state index contributed by atoms with van der Waals surface area (Å²) in [6, 6.07) is 6.05. The fourth-order valence-electron chi connectivity index (χ4n) is 4.71. The van der Waals surface area contributed by atoms with Crippen LogP contribution in [0.1, 0.15) is 34.7 Å². The first kappa shape index (κ1) is 21.3. The van der Waals surface area contributed by atoms with Crippen molar-refractivity contribution in [3.8, 4) is 0 Å². The van der Waals surface area contributed by atoms with Gasteiger partial charge in [-0.2, -0.15) is 5.10 Å². The van der Waals surface area contributed by atoms with Crippen LogP contribution in [0, 0.1) is 0 Å². The second-order valence-corrected chi connectivity index (χ2v) is 9.04. The van der Waals surface area contributed by atoms with Gasteiger partial charge in [-0.05, 0) is 61.0 Å². The van der Waals surface area contributed by atoms with Crippen LogP contribution in [0.5, 0.6) is 0 Å². The minimum atomic E-state index is -0.399. The second-order valence-electron chi connectivity index (χ2n) is 8.63. The van der Waals surface area contributed by atoms with Crippen molar-refractivity contribution in [1.29, 1.82) is 0 Å². The van der Waals surface area contributed by atoms with Crippen molar-refractivity contribution < 1.29 is 14.6 Å². The van der Waals surface area contributed by atoms with E-state index in [0.29, 0.717) is 30.5 Å². The summed E-state index contributed by atoms with van der Waals surface area (Å²) in [6.07, 6.45) is 6.47. The number of pyridine rings is 1. The Kier molecular flexibility index (Phi) is 5.86. The summed E-state index contributed by atoms with van der Waals surface area (Å²) in [6.45, 7) is 2.84. The number of likely N-dealkylation sites (tertiary alicyclic amines) is 1. The number of aromatic nitrogens is 3. The molecule has 2 aliphatic rings. The van der Waals surface area contributed by atoms with Crippen molar-refractivity contribution in [3.63, 3.8) is 0 Å². The summed E-state index contributed by atoms with van der Waals surface area (Å²) in [7, 11) is 1.77. The third-order valence-electron chi connectivity index (χ3n) is 6.51. The number of piperidine rings is 1. The van der Waals surface area contributed by atoms with E-state index in [1.807, 2.05) is 12.1 Å². The summed E-state index contributed by atoms with van der Waals surface area (Å²) in [4.78, 5) is 19.1. The fraction of sp³-hybridized carbons (Fsp3) is 0.435. The number of benzene rings is 1. The van der Waals surface area contributed by atoms with Crippen LogP contribution in [0.3, 0.4) is 0 Å². The number of halogens is 1. The number of anilines is 1. The summed E-state index contributed by atoms with van der Waals surface area (Å²) < 4.78 is 7.00. The molecular formula is C23H26ClN5O3. The lowest BCUT2D eigenvalue weighted by Gasteiger charge is -2.36. The number of carbonyl (C=O) groups excluding carboxylic acids is 1. The summed E-state index contributed by atoms with van der Waals surface area (Å²) >= 11 is 6.65. The van der Waals surface area contributed by atoms with Crippen molar-refractivity contribution in [3.05, 3.63) is 52.9 Å². The number of carbonyl (C=O) groups is 1. The molecule has 9 heteroatoms. The number of hydrogen-bond acceptors (Lipinski definition) is 6. The average molecular weight is 456 g/mol. The molecule has 2 saturated heterocycles. The molecule has 1 amide bonds. The summed E-state index contributed by atoms with van der Waals surface area (Å²) in [5, 5.41) is 19.7. The maximum atomic E-state index is 12.4. The summed E-state index contributed by atoms with van der Waals surface area (Å²) in [5.41, 5.74) is 1.61. The van der Waals surface area contributed by atoms with E-state index in [-0.39, 0.29) is 11.9 Å². The van der Waals surface area contributed by atoms with Crippen molar-refractivity contribution in [2.45, 2.75) is 30.9 Å². The van der Waals surface area contributed by atoms with E-state index >= 15 is 0 Å². The molecule has 2 aliphatic heterocycles. The monoisotopic (exact) mass is 455 g/mol. The molecule has 8 nitrogen and oxygen atoms in total. The van der Waals surface area contributed by atoms with Crippen LogP contribution in [0.2, 0.25) is 5.02 Å². The lowest BCUT2D eigenvalue weighted by molar-refractivity contribution is 0.0663. The molecule has 1 aromatic carbocycles. The van der Waals surface area contributed by atoms with E-state index in [2.05, 4.69) is 26.4 Å². The molecule has 32 heavy (non-hydrogen) atoms. The Balaban J connectivity index is 1.32. The molecule has 2 aromatic heterocycles. The quantitative estimate of drug-likeness (QED) is 0.628. The first-order valence-corrected chi connectivity index (χ1v) is 11.2. The third kappa shape index (κ3) is 4.23. The highest BCUT2D eigenvalue weighted by Crippen LogP contribution is 2.36. The molecule has 2 atom stereocenters. The van der Waals surface area contributed by atoms with Gasteiger partial charge >= 0.3 is 0 Å². The Morgan fingerprint density at radius 1 is 1.19 bits per heavy atom. The SMILES string of the molecule is Cn1cc(C(=O)Nc2cc3cc(C4CCN([C@@H]5COC[C@@H]5O)CC4)c(Cl)cc3cn2)cn1. The van der Waals surface area contributed by atoms with Crippen LogP contribution in [0.15, 0.2) is 36.8 Å². The standard InChI is InChI=1S/C23H26ClN5O3/c1-28-11-17(10-26-28)23(31)27-22-8-15-6-18(19(24)7-16(15)9-25-22)14-2-4-29(5-3-14)20-12-32-13-21(20)30/h6-11,14,20-21,30H,2-5,12-13H2,1H3,(H,25,27,31)/t20-,21+/m1/s1. The highest BCUT2D eigenvalue weighted by molar-refractivity contribution is 6.32. The zero-order valence-corrected chi connectivity index (χ0v) is 18.6. The van der Waals surface area contributed by atoms with Crippen molar-refractivity contribution >= 4 is 34.1 Å². The van der Waals surface area contributed by atoms with E-state index in [4.69, 9.17) is 16.3 Å². The number of fused-ring (bicyclic) bond motifs is 1. The number of hydrogen-bond donors (Lipinski definition) is 2. The van der Waals surface area contributed by atoms with Gasteiger partial charge in [0.05, 0.1) is 37.1 Å². The molecule has 2 N–H and O–H groups in total. The first-order valence-electron chi connectivity index (χ1n) is 10.9. The van der Waals surface area contributed by atoms with Gasteiger partial charge in [-0.1, -0.05) is 11.6 Å². The fourth-order valence-corrected chi connectivity index (χ4v) is 5.04. The molecule has 0 bridgehead atoms. The number of amides is 1. The number of aliphatic hydroxyl groups is 1. The molecule has 0 unspecified atom stereocenters. The maximum Gasteiger partial charge on any atom is 0.260 e. The number of ether oxygens (including phenoxy) is 1. The zero-order chi connectivity index (χ0) is 22.2. The van der Waals surface area contributed by atoms with Gasteiger partial charge in [0.2, 0.25) is 0 Å². The van der Waals surface area contributed by atoms with E-state index in [1.165, 1.54) is 6.20 Å². The second kappa shape index (κ2) is 8.78. The highest BCUT2D eigenvalue weighted by Gasteiger charge is 2.34. The number of aliphatic hydroxyl groups excluding tert-OH is 1. The summed E-state index contributed by atoms with van der Waals surface area (Å²) in [5.74, 6) is 0.596. The number of nitrogens with zero attached hydrogens (tertiary/aromatic N) is 4. The Labute approximate surface area is 191 Å². The average Bonchev–Trinajstić information content (AvgIpc) is 3.42. The Bertz CT molecular complexity index is 1140. The van der Waals surface area contributed by atoms with Crippen molar-refractivity contribution in [2.24, 2.45) is 7.05 Å². The van der Waals surface area contributed by atoms with Gasteiger partial charge in [-0.3, -0.25) is 14.4 Å². The lowest BCUT2D eigenvalue weighted by Crippen LogP contribution is -2.46. The molecule has 2 fully saturated rings. The van der Waals surface area contributed by atoms with Gasteiger partial charge in [0.25, 0.3) is 5.91 Å². The van der Waals surface area contributed by atoms with Gasteiger partial charge in [0, 0.05) is 29.9 Å². The van der Waals surface area contributed by atoms with Gasteiger partial charge in [0.1, 0.15) is 5.82 Å². The molecule has 0 saturated carbocycles. The highest BCUT2D eigenvalue weighted by atomic mass is 35.5. The van der Waals surface area contributed by atoms with Gasteiger partial charge in [-0.15, -0.1) is 0 Å². The Morgan fingerprint density at radius 3 is 2.69 bits per heavy atom. The van der Waals surface area contributed by atoms with Crippen LogP contribution >= 0.6 is 11.6 Å². The normalized spacial score (nSPS) is 22.5. The molecule has 168 valence electrons. The molecule has 3 aromatic rings.